The van der Waals surface area contributed by atoms with Gasteiger partial charge in [-0.2, -0.15) is 0 Å². The Kier molecular flexibility index (Phi) is 33.8. The molecule has 11 aromatic rings. The van der Waals surface area contributed by atoms with Gasteiger partial charge in [-0.25, -0.2) is 33.6 Å². The quantitative estimate of drug-likeness (QED) is 0.0212. The van der Waals surface area contributed by atoms with Crippen molar-refractivity contribution in [1.82, 2.24) is 5.32 Å². The van der Waals surface area contributed by atoms with Gasteiger partial charge < -0.3 is 85.8 Å². The van der Waals surface area contributed by atoms with E-state index >= 15 is 19.2 Å². The lowest BCUT2D eigenvalue weighted by atomic mass is 9.94. The van der Waals surface area contributed by atoms with Gasteiger partial charge in [0, 0.05) is 13.2 Å². The fourth-order valence-corrected chi connectivity index (χ4v) is 14.7. The van der Waals surface area contributed by atoms with Gasteiger partial charge in [0.15, 0.2) is 43.3 Å². The molecule has 1 amide bonds. The summed E-state index contributed by atoms with van der Waals surface area (Å²) in [7, 11) is 0. The summed E-state index contributed by atoms with van der Waals surface area (Å²) in [4.78, 5) is 104. The molecule has 656 valence electrons. The first-order valence-electron chi connectivity index (χ1n) is 42.3. The van der Waals surface area contributed by atoms with Crippen LogP contribution in [0.4, 0.5) is 4.79 Å². The molecule has 1 N–H and O–H groups in total. The molecule has 14 rings (SSSR count). The Labute approximate surface area is 736 Å². The van der Waals surface area contributed by atoms with E-state index in [0.717, 1.165) is 27.8 Å². The first-order chi connectivity index (χ1) is 62.4. The number of unbranched alkanes of at least 4 members (excludes halogenated alkanes) is 3. The van der Waals surface area contributed by atoms with Crippen LogP contribution in [0.25, 0.3) is 0 Å². The largest absolute Gasteiger partial charge is 0.459 e. The zero-order valence-corrected chi connectivity index (χ0v) is 69.6. The van der Waals surface area contributed by atoms with E-state index in [1.807, 2.05) is 152 Å². The smallest absolute Gasteiger partial charge is 0.407 e. The molecule has 0 spiro atoms. The number of amides is 1. The Morgan fingerprint density at radius 1 is 0.244 bits per heavy atom. The number of nitrogens with one attached hydrogen (secondary N) is 1. The van der Waals surface area contributed by atoms with E-state index in [1.54, 1.807) is 121 Å². The second-order valence-corrected chi connectivity index (χ2v) is 30.3. The molecule has 127 heavy (non-hydrogen) atoms. The molecule has 0 bridgehead atoms. The Morgan fingerprint density at radius 3 is 0.921 bits per heavy atom. The fourth-order valence-electron chi connectivity index (χ4n) is 14.7. The zero-order valence-electron chi connectivity index (χ0n) is 69.6. The van der Waals surface area contributed by atoms with Crippen LogP contribution in [0.2, 0.25) is 0 Å². The Bertz CT molecular complexity index is 5180. The van der Waals surface area contributed by atoms with Crippen LogP contribution < -0.4 is 5.32 Å². The van der Waals surface area contributed by atoms with Crippen molar-refractivity contribution in [2.45, 2.75) is 151 Å². The lowest BCUT2D eigenvalue weighted by Crippen LogP contribution is -2.68. The second kappa shape index (κ2) is 47.4. The van der Waals surface area contributed by atoms with E-state index < -0.39 is 147 Å². The van der Waals surface area contributed by atoms with Gasteiger partial charge in [-0.1, -0.05) is 274 Å². The number of carbonyl (C=O) groups excluding carboxylic acids is 7. The molecule has 25 heteroatoms. The minimum atomic E-state index is -2.15. The number of alkyl carbamates (subject to hydrolysis) is 1. The van der Waals surface area contributed by atoms with Crippen LogP contribution in [0.15, 0.2) is 334 Å². The zero-order chi connectivity index (χ0) is 87.6. The van der Waals surface area contributed by atoms with E-state index in [2.05, 4.69) is 5.32 Å². The lowest BCUT2D eigenvalue weighted by molar-refractivity contribution is -0.382. The van der Waals surface area contributed by atoms with Gasteiger partial charge in [0.25, 0.3) is 0 Å². The number of hydrogen-bond acceptors (Lipinski definition) is 24. The Hall–Kier alpha value is -12.9. The highest BCUT2D eigenvalue weighted by atomic mass is 16.8. The molecule has 0 radical (unpaired) electrons. The van der Waals surface area contributed by atoms with Gasteiger partial charge in [0.1, 0.15) is 68.7 Å². The van der Waals surface area contributed by atoms with Crippen molar-refractivity contribution in [3.05, 3.63) is 395 Å². The van der Waals surface area contributed by atoms with Gasteiger partial charge in [0.2, 0.25) is 0 Å². The van der Waals surface area contributed by atoms with Gasteiger partial charge in [-0.05, 0) is 113 Å². The fraction of sp³-hybridized carbons (Fsp3) is 0.284. The number of benzene rings is 11. The topological polar surface area (TPSA) is 288 Å². The van der Waals surface area contributed by atoms with E-state index in [4.69, 9.17) is 80.5 Å². The number of rotatable bonds is 41. The molecular formula is C102H99NO24. The molecule has 0 aromatic heterocycles. The predicted octanol–water partition coefficient (Wildman–Crippen LogP) is 16.0. The summed E-state index contributed by atoms with van der Waals surface area (Å²) in [6.45, 7) is -1.25. The van der Waals surface area contributed by atoms with Gasteiger partial charge in [-0.3, -0.25) is 0 Å². The first kappa shape index (κ1) is 90.4. The van der Waals surface area contributed by atoms with Crippen molar-refractivity contribution in [2.24, 2.45) is 0 Å². The molecule has 15 atom stereocenters. The molecule has 3 aliphatic rings. The maximum Gasteiger partial charge on any atom is 0.407 e. The van der Waals surface area contributed by atoms with Crippen molar-refractivity contribution in [3.63, 3.8) is 0 Å². The van der Waals surface area contributed by atoms with Crippen molar-refractivity contribution < 1.29 is 114 Å². The van der Waals surface area contributed by atoms with E-state index in [0.29, 0.717) is 32.2 Å². The molecule has 0 aliphatic carbocycles. The predicted molar refractivity (Wildman–Crippen MR) is 462 cm³/mol. The standard InChI is InChI=1S/C102H99NO24/c104-93(75-48-24-8-25-49-75)116-68-82-85(88(122-95(106)77-52-28-10-29-53-77)91(124-97(108)79-56-32-12-33-57-79)99(119-82)112-61-37-2-1-36-60-103-102(110)118-66-74-46-22-7-23-47-74)127-101-92(125-98(109)80-58-34-13-35-59-80)89(123-96(107)78-54-30-11-31-55-78)86(83(121-101)69-117-94(105)76-50-26-9-27-51-76)126-100-90(115-65-73-44-20-6-21-45-73)87(114-64-72-42-18-5-19-43-72)84(113-63-71-40-16-4-17-41-71)81(120-100)67-111-62-70-38-14-3-15-39-70/h3-35,38-59,81-92,99-101H,1-2,36-37,60-69H2,(H,103,110)/t81-,82-,83-,84+,85-,86+,87+,88+,89+,90-,91-,92-,99-,100-,101+/m1/s1. The van der Waals surface area contributed by atoms with Crippen molar-refractivity contribution in [3.8, 4) is 0 Å². The number of carbonyl (C=O) groups is 7. The van der Waals surface area contributed by atoms with Crippen LogP contribution >= 0.6 is 0 Å². The second-order valence-electron chi connectivity index (χ2n) is 30.3. The highest BCUT2D eigenvalue weighted by molar-refractivity contribution is 5.92. The summed E-state index contributed by atoms with van der Waals surface area (Å²) in [5.41, 5.74) is 4.31. The van der Waals surface area contributed by atoms with E-state index in [-0.39, 0.29) is 79.6 Å². The van der Waals surface area contributed by atoms with Gasteiger partial charge >= 0.3 is 41.9 Å². The molecule has 3 heterocycles. The summed E-state index contributed by atoms with van der Waals surface area (Å²) >= 11 is 0. The van der Waals surface area contributed by atoms with Crippen LogP contribution in [-0.2, 0) is 114 Å². The molecule has 3 fully saturated rings. The minimum Gasteiger partial charge on any atom is -0.459 e. The van der Waals surface area contributed by atoms with Crippen LogP contribution in [0, 0.1) is 0 Å². The lowest BCUT2D eigenvalue weighted by Gasteiger charge is -2.51. The molecular weight excluding hydrogens is 1620 g/mol. The van der Waals surface area contributed by atoms with Crippen molar-refractivity contribution >= 4 is 41.9 Å². The van der Waals surface area contributed by atoms with Crippen molar-refractivity contribution in [1.29, 1.82) is 0 Å². The molecule has 0 saturated carbocycles. The molecule has 0 unspecified atom stereocenters. The first-order valence-corrected chi connectivity index (χ1v) is 42.3. The van der Waals surface area contributed by atoms with Crippen LogP contribution in [0.1, 0.15) is 116 Å². The maximum atomic E-state index is 15.7. The van der Waals surface area contributed by atoms with Gasteiger partial charge in [-0.15, -0.1) is 0 Å². The van der Waals surface area contributed by atoms with Crippen LogP contribution in [0.5, 0.6) is 0 Å². The molecule has 3 aliphatic heterocycles. The number of hydrogen-bond donors (Lipinski definition) is 1. The van der Waals surface area contributed by atoms with E-state index in [9.17, 15) is 14.4 Å². The average Bonchev–Trinajstić information content (AvgIpc) is 0.758. The average molecular weight is 1720 g/mol. The summed E-state index contributed by atoms with van der Waals surface area (Å²) in [5.74, 6) is -5.65. The third-order valence-electron chi connectivity index (χ3n) is 21.2. The van der Waals surface area contributed by atoms with Crippen LogP contribution in [0.3, 0.4) is 0 Å². The summed E-state index contributed by atoms with van der Waals surface area (Å²) in [6.07, 6.45) is -23.6. The molecule has 25 nitrogen and oxygen atoms in total. The number of ether oxygens (including phenoxy) is 17. The van der Waals surface area contributed by atoms with Crippen molar-refractivity contribution in [2.75, 3.05) is 33.0 Å². The molecule has 3 saturated heterocycles. The maximum absolute atomic E-state index is 15.7. The Morgan fingerprint density at radius 2 is 0.535 bits per heavy atom. The highest BCUT2D eigenvalue weighted by Crippen LogP contribution is 2.41. The minimum absolute atomic E-state index is 0.000733. The summed E-state index contributed by atoms with van der Waals surface area (Å²) in [6, 6.07) is 95.1. The SMILES string of the molecule is O=C(NCCCCCCO[C@@H]1O[C@H](COC(=O)c2ccccc2)[C@@H](O[C@@H]2O[C@H](COC(=O)c3ccccc3)[C@H](O[C@H]3O[C@H](COCc4ccccc4)[C@H](OCc4ccccc4)[C@H](OCc4ccccc4)[C@H]3OCc3ccccc3)[C@H](OC(=O)c3ccccc3)[C@H]2OC(=O)c2ccccc2)[C@H](OC(=O)c2ccccc2)[C@H]1OC(=O)c1ccccc1)OCc1ccccc1. The third kappa shape index (κ3) is 26.4. The Balaban J connectivity index is 0.894. The summed E-state index contributed by atoms with van der Waals surface area (Å²) in [5, 5.41) is 2.79. The third-order valence-corrected chi connectivity index (χ3v) is 21.2. The summed E-state index contributed by atoms with van der Waals surface area (Å²) < 4.78 is 117. The monoisotopic (exact) mass is 1720 g/mol. The van der Waals surface area contributed by atoms with Gasteiger partial charge in [0.05, 0.1) is 66.4 Å². The number of esters is 6. The normalized spacial score (nSPS) is 21.9. The van der Waals surface area contributed by atoms with E-state index in [1.165, 1.54) is 60.7 Å². The molecule has 11 aromatic carbocycles. The van der Waals surface area contributed by atoms with Crippen LogP contribution in [-0.4, -0.2) is 167 Å². The highest BCUT2D eigenvalue weighted by Gasteiger charge is 2.60.